The number of hydrogen-bond donors (Lipinski definition) is 0. The van der Waals surface area contributed by atoms with Gasteiger partial charge in [-0.05, 0) is 144 Å². The minimum atomic E-state index is -4.69. The maximum absolute atomic E-state index is 19.5. The van der Waals surface area contributed by atoms with Gasteiger partial charge in [-0.25, -0.2) is 9.59 Å². The highest BCUT2D eigenvalue weighted by Crippen LogP contribution is 2.59. The van der Waals surface area contributed by atoms with Crippen molar-refractivity contribution in [1.29, 1.82) is 0 Å². The second-order valence-electron chi connectivity index (χ2n) is 34.1. The third-order valence-electron chi connectivity index (χ3n) is 18.0. The van der Waals surface area contributed by atoms with Crippen LogP contribution in [0.2, 0.25) is 10.0 Å². The SMILES string of the molecule is CCOC(=O)C(C)Oc1c(Cl)ccc(P(=O)(c2cc(C(C)(C)C)c(OC)c(C(C)(C)C)c2)c2cc(C(C)(C)C)c(OC)c(C(C)(C)C)c2)c1-c1c(P(=O)(c2cc(C(C)(C)C)c(OC)c(C(C)(C)C)c2)c2cc(C(C)(C)C)c(OC)c(C(C)(C)C)c2)ccc(Cl)c1O[C@@H](C)C(=O)OCC. The number of rotatable bonds is 19. The van der Waals surface area contributed by atoms with Gasteiger partial charge in [0.15, 0.2) is 26.5 Å². The van der Waals surface area contributed by atoms with Crippen LogP contribution in [0.25, 0.3) is 11.1 Å². The number of ether oxygens (including phenoxy) is 8. The molecule has 6 aromatic carbocycles. The maximum atomic E-state index is 19.5. The summed E-state index contributed by atoms with van der Waals surface area (Å²) < 4.78 is 90.5. The van der Waals surface area contributed by atoms with Crippen molar-refractivity contribution in [2.45, 2.75) is 249 Å². The van der Waals surface area contributed by atoms with Crippen molar-refractivity contribution < 1.29 is 56.6 Å². The number of carbonyl (C=O) groups is 2. The Morgan fingerprint density at radius 1 is 0.347 bits per heavy atom. The predicted molar refractivity (Wildman–Crippen MR) is 410 cm³/mol. The Kier molecular flexibility index (Phi) is 23.9. The highest BCUT2D eigenvalue weighted by atomic mass is 35.5. The molecule has 0 heterocycles. The van der Waals surface area contributed by atoms with Crippen LogP contribution in [0.4, 0.5) is 0 Å². The maximum Gasteiger partial charge on any atom is 0.347 e. The van der Waals surface area contributed by atoms with Crippen LogP contribution >= 0.6 is 37.5 Å². The van der Waals surface area contributed by atoms with Crippen molar-refractivity contribution in [3.63, 3.8) is 0 Å². The summed E-state index contributed by atoms with van der Waals surface area (Å²) in [6, 6.07) is 22.6. The van der Waals surface area contributed by atoms with E-state index in [0.29, 0.717) is 44.2 Å². The topological polar surface area (TPSA) is 142 Å². The van der Waals surface area contributed by atoms with Gasteiger partial charge >= 0.3 is 11.9 Å². The lowest BCUT2D eigenvalue weighted by molar-refractivity contribution is -0.151. The molecule has 6 aromatic rings. The molecule has 0 aliphatic heterocycles. The lowest BCUT2D eigenvalue weighted by atomic mass is 9.79. The molecule has 16 heteroatoms. The number of carbonyl (C=O) groups excluding carboxylic acids is 2. The minimum Gasteiger partial charge on any atom is -0.496 e. The molecule has 0 aliphatic carbocycles. The zero-order valence-corrected chi connectivity index (χ0v) is 68.3. The van der Waals surface area contributed by atoms with E-state index in [9.17, 15) is 9.59 Å². The molecule has 12 nitrogen and oxygen atoms in total. The Bertz CT molecular complexity index is 3510. The third kappa shape index (κ3) is 16.2. The highest BCUT2D eigenvalue weighted by Gasteiger charge is 2.47. The van der Waals surface area contributed by atoms with Gasteiger partial charge in [0.1, 0.15) is 34.5 Å². The average Bonchev–Trinajstić information content (AvgIpc) is 0.706. The van der Waals surface area contributed by atoms with Gasteiger partial charge in [0, 0.05) is 87.5 Å². The van der Waals surface area contributed by atoms with Crippen molar-refractivity contribution in [3.8, 4) is 45.6 Å². The fourth-order valence-electron chi connectivity index (χ4n) is 12.7. The summed E-state index contributed by atoms with van der Waals surface area (Å²) in [4.78, 5) is 28.8. The molecule has 0 spiro atoms. The van der Waals surface area contributed by atoms with Crippen LogP contribution in [-0.4, -0.2) is 65.8 Å². The molecule has 0 aromatic heterocycles. The number of hydrogen-bond acceptors (Lipinski definition) is 12. The van der Waals surface area contributed by atoms with E-state index in [4.69, 9.17) is 61.1 Å². The molecule has 0 fully saturated rings. The van der Waals surface area contributed by atoms with Gasteiger partial charge in [-0.1, -0.05) is 189 Å². The van der Waals surface area contributed by atoms with Crippen LogP contribution in [0, 0.1) is 0 Å². The first-order chi connectivity index (χ1) is 44.7. The monoisotopic (exact) mass is 1420 g/mol. The number of methoxy groups -OCH3 is 4. The van der Waals surface area contributed by atoms with Crippen LogP contribution in [0.1, 0.15) is 238 Å². The Hall–Kier alpha value is -5.90. The number of benzene rings is 6. The van der Waals surface area contributed by atoms with Crippen molar-refractivity contribution in [2.75, 3.05) is 41.7 Å². The van der Waals surface area contributed by atoms with Crippen molar-refractivity contribution in [2.24, 2.45) is 0 Å². The summed E-state index contributed by atoms with van der Waals surface area (Å²) in [6.07, 6.45) is -2.76. The van der Waals surface area contributed by atoms with E-state index in [1.807, 2.05) is 48.5 Å². The molecular weight excluding hydrogens is 1310 g/mol. The first-order valence-corrected chi connectivity index (χ1v) is 38.3. The molecule has 98 heavy (non-hydrogen) atoms. The van der Waals surface area contributed by atoms with Gasteiger partial charge < -0.3 is 47.0 Å². The van der Waals surface area contributed by atoms with Crippen LogP contribution in [0.3, 0.4) is 0 Å². The van der Waals surface area contributed by atoms with E-state index >= 15 is 9.13 Å². The van der Waals surface area contributed by atoms with Gasteiger partial charge in [0.25, 0.3) is 0 Å². The number of esters is 2. The third-order valence-corrected chi connectivity index (χ3v) is 24.6. The molecule has 0 N–H and O–H groups in total. The fourth-order valence-corrected chi connectivity index (χ4v) is 18.9. The standard InChI is InChI=1S/C82H114Cl2O12P2/c1-33-93-73(85)47(3)95-71-61(83)35-37-63(97(87,49-39-53(75(5,6)7)67(89-29)54(40-49)76(8,9)10)50-41-55(77(11,12)13)68(90-30)56(42-50)78(14,15)16)65(71)66-64(38-36-62(84)72(66)96-48(4)74(86)94-34-2)98(88,51-43-57(79(17,18)19)69(91-31)58(44-51)80(20,21)22)52-45-59(81(23,24)25)70(92-32)60(46-52)82(26,27)28/h35-48H,33-34H2,1-32H3/t47-,48?/m0/s1. The molecule has 0 bridgehead atoms. The smallest absolute Gasteiger partial charge is 0.347 e. The minimum absolute atomic E-state index is 0.0119. The molecule has 6 rings (SSSR count). The lowest BCUT2D eigenvalue weighted by Crippen LogP contribution is -2.35. The van der Waals surface area contributed by atoms with Crippen LogP contribution in [0.5, 0.6) is 34.5 Å². The summed E-state index contributed by atoms with van der Waals surface area (Å²) >= 11 is 15.7. The quantitative estimate of drug-likeness (QED) is 0.0563. The lowest BCUT2D eigenvalue weighted by Gasteiger charge is -2.36. The molecule has 0 amide bonds. The van der Waals surface area contributed by atoms with Crippen molar-refractivity contribution >= 4 is 81.3 Å². The Labute approximate surface area is 598 Å². The zero-order chi connectivity index (χ0) is 74.7. The van der Waals surface area contributed by atoms with Crippen LogP contribution in [-0.2, 0) is 71.5 Å². The molecule has 0 saturated heterocycles. The Balaban J connectivity index is 2.25. The van der Waals surface area contributed by atoms with Gasteiger partial charge in [-0.15, -0.1) is 0 Å². The van der Waals surface area contributed by atoms with Crippen molar-refractivity contribution in [3.05, 3.63) is 127 Å². The van der Waals surface area contributed by atoms with Gasteiger partial charge in [0.05, 0.1) is 51.7 Å². The van der Waals surface area contributed by atoms with E-state index in [2.05, 4.69) is 166 Å². The number of halogens is 2. The van der Waals surface area contributed by atoms with E-state index < -0.39 is 81.8 Å². The normalized spacial score (nSPS) is 13.8. The van der Waals surface area contributed by atoms with E-state index in [1.165, 1.54) is 0 Å². The summed E-state index contributed by atoms with van der Waals surface area (Å²) in [6.45, 7) is 56.9. The van der Waals surface area contributed by atoms with Crippen LogP contribution < -0.4 is 60.2 Å². The molecular formula is C82H114Cl2O12P2. The molecule has 0 saturated carbocycles. The largest absolute Gasteiger partial charge is 0.496 e. The highest BCUT2D eigenvalue weighted by molar-refractivity contribution is 7.86. The van der Waals surface area contributed by atoms with E-state index in [1.54, 1.807) is 80.4 Å². The fraction of sp³-hybridized carbons (Fsp3) is 0.537. The molecule has 538 valence electrons. The Morgan fingerprint density at radius 2 is 0.531 bits per heavy atom. The summed E-state index contributed by atoms with van der Waals surface area (Å²) in [7, 11) is -2.74. The molecule has 1 unspecified atom stereocenters. The second kappa shape index (κ2) is 28.9. The first-order valence-electron chi connectivity index (χ1n) is 34.1. The van der Waals surface area contributed by atoms with Gasteiger partial charge in [-0.3, -0.25) is 0 Å². The average molecular weight is 1420 g/mol. The molecule has 0 aliphatic rings. The summed E-state index contributed by atoms with van der Waals surface area (Å²) in [5.41, 5.74) is 1.31. The van der Waals surface area contributed by atoms with E-state index in [0.717, 1.165) is 44.5 Å². The van der Waals surface area contributed by atoms with Crippen molar-refractivity contribution in [1.82, 2.24) is 0 Å². The van der Waals surface area contributed by atoms with Crippen LogP contribution in [0.15, 0.2) is 72.8 Å². The summed E-state index contributed by atoms with van der Waals surface area (Å²) in [5.74, 6) is 0.816. The van der Waals surface area contributed by atoms with Gasteiger partial charge in [0.2, 0.25) is 0 Å². The zero-order valence-electron chi connectivity index (χ0n) is 65.0. The molecule has 0 radical (unpaired) electrons. The van der Waals surface area contributed by atoms with Gasteiger partial charge in [-0.2, -0.15) is 0 Å². The first kappa shape index (κ1) is 81.1. The second-order valence-corrected chi connectivity index (χ2v) is 40.4. The molecule has 2 atom stereocenters. The van der Waals surface area contributed by atoms with E-state index in [-0.39, 0.29) is 56.5 Å². The summed E-state index contributed by atoms with van der Waals surface area (Å²) in [5, 5.41) is 1.82. The Morgan fingerprint density at radius 3 is 0.684 bits per heavy atom. The predicted octanol–water partition coefficient (Wildman–Crippen LogP) is 19.0.